The molecule has 0 saturated carbocycles. The molecular formula is C13H22O2. The molecule has 0 amide bonds. The summed E-state index contributed by atoms with van der Waals surface area (Å²) in [7, 11) is 0. The van der Waals surface area contributed by atoms with Crippen molar-refractivity contribution >= 4 is 5.97 Å². The highest BCUT2D eigenvalue weighted by atomic mass is 16.4. The molecule has 0 spiro atoms. The maximum Gasteiger partial charge on any atom is 0.331 e. The van der Waals surface area contributed by atoms with Gasteiger partial charge in [0.25, 0.3) is 0 Å². The highest BCUT2D eigenvalue weighted by Gasteiger charge is 2.09. The first-order chi connectivity index (χ1) is 6.99. The van der Waals surface area contributed by atoms with Crippen molar-refractivity contribution in [3.63, 3.8) is 0 Å². The summed E-state index contributed by atoms with van der Waals surface area (Å²) in [5, 5.41) is 9.01. The third-order valence-corrected chi connectivity index (χ3v) is 2.35. The second kappa shape index (κ2) is 7.27. The third kappa shape index (κ3) is 6.10. The van der Waals surface area contributed by atoms with Gasteiger partial charge in [-0.25, -0.2) is 4.79 Å². The van der Waals surface area contributed by atoms with Gasteiger partial charge in [0.15, 0.2) is 0 Å². The van der Waals surface area contributed by atoms with Crippen molar-refractivity contribution in [3.05, 3.63) is 22.8 Å². The van der Waals surface area contributed by atoms with E-state index in [0.717, 1.165) is 24.8 Å². The number of hydrogen-bond donors (Lipinski definition) is 1. The number of allylic oxidation sites excluding steroid dienone is 3. The molecule has 2 nitrogen and oxygen atoms in total. The van der Waals surface area contributed by atoms with Crippen LogP contribution in [0.4, 0.5) is 0 Å². The van der Waals surface area contributed by atoms with Gasteiger partial charge in [0, 0.05) is 5.57 Å². The van der Waals surface area contributed by atoms with E-state index in [0.29, 0.717) is 12.0 Å². The zero-order valence-electron chi connectivity index (χ0n) is 10.3. The van der Waals surface area contributed by atoms with Crippen molar-refractivity contribution in [2.75, 3.05) is 0 Å². The Labute approximate surface area is 92.7 Å². The molecule has 86 valence electrons. The SMILES string of the molecule is CCCC(C(=O)O)=C(C)CCC=C(C)C. The highest BCUT2D eigenvalue weighted by Crippen LogP contribution is 2.16. The van der Waals surface area contributed by atoms with Gasteiger partial charge in [-0.3, -0.25) is 0 Å². The summed E-state index contributed by atoms with van der Waals surface area (Å²) >= 11 is 0. The van der Waals surface area contributed by atoms with Crippen LogP contribution in [0.25, 0.3) is 0 Å². The molecule has 0 radical (unpaired) electrons. The summed E-state index contributed by atoms with van der Waals surface area (Å²) in [5.41, 5.74) is 2.90. The molecule has 0 bridgehead atoms. The van der Waals surface area contributed by atoms with E-state index in [-0.39, 0.29) is 0 Å². The molecule has 0 atom stereocenters. The average Bonchev–Trinajstić information content (AvgIpc) is 2.12. The molecule has 0 aliphatic heterocycles. The van der Waals surface area contributed by atoms with Crippen LogP contribution < -0.4 is 0 Å². The number of hydrogen-bond acceptors (Lipinski definition) is 1. The van der Waals surface area contributed by atoms with Crippen molar-refractivity contribution in [2.45, 2.75) is 53.4 Å². The summed E-state index contributed by atoms with van der Waals surface area (Å²) in [6, 6.07) is 0. The smallest absolute Gasteiger partial charge is 0.331 e. The van der Waals surface area contributed by atoms with Gasteiger partial charge in [-0.2, -0.15) is 0 Å². The van der Waals surface area contributed by atoms with Crippen LogP contribution in [0.15, 0.2) is 22.8 Å². The number of aliphatic carboxylic acids is 1. The minimum atomic E-state index is -0.758. The lowest BCUT2D eigenvalue weighted by atomic mass is 10.0. The summed E-state index contributed by atoms with van der Waals surface area (Å²) in [6.45, 7) is 8.05. The quantitative estimate of drug-likeness (QED) is 0.532. The van der Waals surface area contributed by atoms with Gasteiger partial charge in [0.2, 0.25) is 0 Å². The van der Waals surface area contributed by atoms with Crippen molar-refractivity contribution in [1.82, 2.24) is 0 Å². The Morgan fingerprint density at radius 1 is 1.20 bits per heavy atom. The maximum atomic E-state index is 11.0. The van der Waals surface area contributed by atoms with Gasteiger partial charge in [0.05, 0.1) is 0 Å². The van der Waals surface area contributed by atoms with Gasteiger partial charge >= 0.3 is 5.97 Å². The first-order valence-electron chi connectivity index (χ1n) is 5.54. The lowest BCUT2D eigenvalue weighted by molar-refractivity contribution is -0.132. The minimum absolute atomic E-state index is 0.597. The van der Waals surface area contributed by atoms with Gasteiger partial charge in [-0.1, -0.05) is 30.6 Å². The minimum Gasteiger partial charge on any atom is -0.478 e. The maximum absolute atomic E-state index is 11.0. The molecule has 2 heteroatoms. The Morgan fingerprint density at radius 3 is 2.20 bits per heavy atom. The number of carboxylic acid groups (broad SMARTS) is 1. The third-order valence-electron chi connectivity index (χ3n) is 2.35. The van der Waals surface area contributed by atoms with Crippen LogP contribution in [-0.2, 0) is 4.79 Å². The Kier molecular flexibility index (Phi) is 6.76. The second-order valence-corrected chi connectivity index (χ2v) is 4.13. The van der Waals surface area contributed by atoms with E-state index in [1.165, 1.54) is 5.57 Å². The van der Waals surface area contributed by atoms with E-state index in [9.17, 15) is 4.79 Å². The van der Waals surface area contributed by atoms with Crippen LogP contribution in [0.3, 0.4) is 0 Å². The Morgan fingerprint density at radius 2 is 1.80 bits per heavy atom. The summed E-state index contributed by atoms with van der Waals surface area (Å²) in [6.07, 6.45) is 5.51. The summed E-state index contributed by atoms with van der Waals surface area (Å²) in [5.74, 6) is -0.758. The van der Waals surface area contributed by atoms with Crippen molar-refractivity contribution in [1.29, 1.82) is 0 Å². The zero-order chi connectivity index (χ0) is 11.8. The van der Waals surface area contributed by atoms with Gasteiger partial charge in [-0.15, -0.1) is 0 Å². The molecular weight excluding hydrogens is 188 g/mol. The molecule has 15 heavy (non-hydrogen) atoms. The fourth-order valence-corrected chi connectivity index (χ4v) is 1.48. The van der Waals surface area contributed by atoms with E-state index in [1.807, 2.05) is 13.8 Å². The Bertz CT molecular complexity index is 268. The molecule has 0 aliphatic rings. The number of carbonyl (C=O) groups is 1. The van der Waals surface area contributed by atoms with Crippen LogP contribution in [-0.4, -0.2) is 11.1 Å². The van der Waals surface area contributed by atoms with Gasteiger partial charge < -0.3 is 5.11 Å². The summed E-state index contributed by atoms with van der Waals surface area (Å²) in [4.78, 5) is 11.0. The molecule has 1 N–H and O–H groups in total. The van der Waals surface area contributed by atoms with Crippen molar-refractivity contribution < 1.29 is 9.90 Å². The molecule has 0 saturated heterocycles. The van der Waals surface area contributed by atoms with E-state index in [2.05, 4.69) is 19.9 Å². The van der Waals surface area contributed by atoms with Crippen LogP contribution in [0.1, 0.15) is 53.4 Å². The van der Waals surface area contributed by atoms with Crippen LogP contribution in [0.5, 0.6) is 0 Å². The van der Waals surface area contributed by atoms with Crippen molar-refractivity contribution in [3.8, 4) is 0 Å². The first-order valence-corrected chi connectivity index (χ1v) is 5.54. The molecule has 0 heterocycles. The average molecular weight is 210 g/mol. The first kappa shape index (κ1) is 13.9. The lowest BCUT2D eigenvalue weighted by Crippen LogP contribution is -2.03. The molecule has 0 aromatic rings. The molecule has 0 rings (SSSR count). The zero-order valence-corrected chi connectivity index (χ0v) is 10.3. The molecule has 0 unspecified atom stereocenters. The highest BCUT2D eigenvalue weighted by molar-refractivity contribution is 5.87. The van der Waals surface area contributed by atoms with Gasteiger partial charge in [-0.05, 0) is 40.0 Å². The Balaban J connectivity index is 4.44. The summed E-state index contributed by atoms with van der Waals surface area (Å²) < 4.78 is 0. The standard InChI is InChI=1S/C13H22O2/c1-5-7-12(13(14)15)11(4)9-6-8-10(2)3/h8H,5-7,9H2,1-4H3,(H,14,15). The van der Waals surface area contributed by atoms with E-state index < -0.39 is 5.97 Å². The molecule has 0 aromatic heterocycles. The largest absolute Gasteiger partial charge is 0.478 e. The van der Waals surface area contributed by atoms with Crippen LogP contribution in [0.2, 0.25) is 0 Å². The van der Waals surface area contributed by atoms with Crippen LogP contribution in [0, 0.1) is 0 Å². The van der Waals surface area contributed by atoms with Crippen molar-refractivity contribution in [2.24, 2.45) is 0 Å². The molecule has 0 aromatic carbocycles. The fraction of sp³-hybridized carbons (Fsp3) is 0.615. The normalized spacial score (nSPS) is 12.0. The Hall–Kier alpha value is -1.05. The molecule has 0 fully saturated rings. The predicted octanol–water partition coefficient (Wildman–Crippen LogP) is 3.93. The number of rotatable bonds is 6. The van der Waals surface area contributed by atoms with Gasteiger partial charge in [0.1, 0.15) is 0 Å². The number of carboxylic acids is 1. The second-order valence-electron chi connectivity index (χ2n) is 4.13. The van der Waals surface area contributed by atoms with E-state index in [1.54, 1.807) is 0 Å². The molecule has 0 aliphatic carbocycles. The van der Waals surface area contributed by atoms with E-state index >= 15 is 0 Å². The topological polar surface area (TPSA) is 37.3 Å². The van der Waals surface area contributed by atoms with E-state index in [4.69, 9.17) is 5.11 Å². The lowest BCUT2D eigenvalue weighted by Gasteiger charge is -2.06. The van der Waals surface area contributed by atoms with Crippen LogP contribution >= 0.6 is 0 Å². The predicted molar refractivity (Wildman–Crippen MR) is 63.9 cm³/mol. The fourth-order valence-electron chi connectivity index (χ4n) is 1.48. The monoisotopic (exact) mass is 210 g/mol.